The van der Waals surface area contributed by atoms with Gasteiger partial charge in [0.05, 0.1) is 45.2 Å². The third-order valence-corrected chi connectivity index (χ3v) is 5.37. The molecule has 7 heteroatoms. The van der Waals surface area contributed by atoms with E-state index >= 15 is 0 Å². The molecule has 0 saturated heterocycles. The van der Waals surface area contributed by atoms with Crippen LogP contribution in [0.1, 0.15) is 6.92 Å². The van der Waals surface area contributed by atoms with E-state index in [1.165, 1.54) is 0 Å². The Bertz CT molecular complexity index is 1200. The Balaban J connectivity index is 1.84. The van der Waals surface area contributed by atoms with Gasteiger partial charge in [-0.15, -0.1) is 0 Å². The number of benzene rings is 2. The second-order valence-electron chi connectivity index (χ2n) is 6.36. The fourth-order valence-electron chi connectivity index (χ4n) is 3.17. The van der Waals surface area contributed by atoms with Gasteiger partial charge in [-0.3, -0.25) is 19.2 Å². The summed E-state index contributed by atoms with van der Waals surface area (Å²) in [6.45, 7) is 2.56. The number of ether oxygens (including phenoxy) is 1. The van der Waals surface area contributed by atoms with Crippen molar-refractivity contribution < 1.29 is 8.95 Å². The van der Waals surface area contributed by atoms with Crippen LogP contribution in [0.3, 0.4) is 0 Å². The average molecular weight is 404 g/mol. The molecular formula is C22H20N4O2S. The molecule has 0 saturated carbocycles. The summed E-state index contributed by atoms with van der Waals surface area (Å²) >= 11 is 0. The molecule has 146 valence electrons. The van der Waals surface area contributed by atoms with Crippen LogP contribution in [0.4, 0.5) is 11.4 Å². The van der Waals surface area contributed by atoms with E-state index in [1.807, 2.05) is 43.3 Å². The number of nitrogens with one attached hydrogen (secondary N) is 1. The highest BCUT2D eigenvalue weighted by molar-refractivity contribution is 7.84. The van der Waals surface area contributed by atoms with Gasteiger partial charge in [0.2, 0.25) is 0 Å². The minimum absolute atomic E-state index is 0.601. The highest BCUT2D eigenvalue weighted by Gasteiger charge is 2.12. The fraction of sp³-hybridized carbons (Fsp3) is 0.136. The lowest BCUT2D eigenvalue weighted by atomic mass is 10.0. The van der Waals surface area contributed by atoms with E-state index in [1.54, 1.807) is 37.1 Å². The molecule has 1 N–H and O–H groups in total. The molecule has 0 aliphatic carbocycles. The Labute approximate surface area is 171 Å². The van der Waals surface area contributed by atoms with Gasteiger partial charge in [-0.05, 0) is 42.8 Å². The number of hydrogen-bond donors (Lipinski definition) is 1. The summed E-state index contributed by atoms with van der Waals surface area (Å²) in [6, 6.07) is 13.6. The molecule has 0 aliphatic rings. The molecule has 6 nitrogen and oxygen atoms in total. The lowest BCUT2D eigenvalue weighted by Gasteiger charge is -2.13. The molecule has 2 aromatic heterocycles. The van der Waals surface area contributed by atoms with Gasteiger partial charge in [-0.1, -0.05) is 12.1 Å². The standard InChI is InChI=1S/C22H20N4O2S/c1-3-28-17-6-4-5-15(11-17)18-12-16(13-19-22(18)25-10-9-24-19)26-20-14-23-8-7-21(20)29(2)27/h4-14,26H,3H2,1-2H3. The minimum Gasteiger partial charge on any atom is -0.494 e. The maximum absolute atomic E-state index is 12.1. The Kier molecular flexibility index (Phi) is 5.48. The van der Waals surface area contributed by atoms with Gasteiger partial charge < -0.3 is 10.1 Å². The van der Waals surface area contributed by atoms with Crippen LogP contribution in [0.5, 0.6) is 5.75 Å². The van der Waals surface area contributed by atoms with Gasteiger partial charge in [0.15, 0.2) is 0 Å². The summed E-state index contributed by atoms with van der Waals surface area (Å²) in [5.41, 5.74) is 4.99. The molecule has 0 spiro atoms. The lowest BCUT2D eigenvalue weighted by Crippen LogP contribution is -1.99. The van der Waals surface area contributed by atoms with Gasteiger partial charge in [0.25, 0.3) is 0 Å². The van der Waals surface area contributed by atoms with Crippen molar-refractivity contribution >= 4 is 33.2 Å². The van der Waals surface area contributed by atoms with Crippen LogP contribution < -0.4 is 10.1 Å². The van der Waals surface area contributed by atoms with Crippen LogP contribution in [0.15, 0.2) is 72.1 Å². The fourth-order valence-corrected chi connectivity index (χ4v) is 3.83. The second-order valence-corrected chi connectivity index (χ2v) is 7.71. The Morgan fingerprint density at radius 1 is 1.07 bits per heavy atom. The molecule has 0 radical (unpaired) electrons. The third kappa shape index (κ3) is 4.09. The van der Waals surface area contributed by atoms with Crippen molar-refractivity contribution in [2.75, 3.05) is 18.2 Å². The second kappa shape index (κ2) is 8.36. The van der Waals surface area contributed by atoms with Gasteiger partial charge in [0.1, 0.15) is 5.75 Å². The molecule has 1 atom stereocenters. The molecule has 4 aromatic rings. The van der Waals surface area contributed by atoms with Gasteiger partial charge in [-0.2, -0.15) is 0 Å². The number of pyridine rings is 1. The number of hydrogen-bond acceptors (Lipinski definition) is 6. The van der Waals surface area contributed by atoms with Crippen molar-refractivity contribution in [3.63, 3.8) is 0 Å². The van der Waals surface area contributed by atoms with Crippen molar-refractivity contribution in [3.8, 4) is 16.9 Å². The zero-order chi connectivity index (χ0) is 20.2. The average Bonchev–Trinajstić information content (AvgIpc) is 2.74. The Hall–Kier alpha value is -3.32. The van der Waals surface area contributed by atoms with Crippen molar-refractivity contribution in [1.29, 1.82) is 0 Å². The van der Waals surface area contributed by atoms with Crippen LogP contribution in [-0.4, -0.2) is 32.0 Å². The molecular weight excluding hydrogens is 384 g/mol. The Morgan fingerprint density at radius 3 is 2.76 bits per heavy atom. The molecule has 2 aromatic carbocycles. The largest absolute Gasteiger partial charge is 0.494 e. The molecule has 2 heterocycles. The number of rotatable bonds is 6. The van der Waals surface area contributed by atoms with E-state index in [0.29, 0.717) is 17.2 Å². The first-order chi connectivity index (χ1) is 14.2. The summed E-state index contributed by atoms with van der Waals surface area (Å²) < 4.78 is 17.7. The van der Waals surface area contributed by atoms with Gasteiger partial charge in [0, 0.05) is 36.1 Å². The SMILES string of the molecule is CCOc1cccc(-c2cc(Nc3cnccc3S(C)=O)cc3nccnc23)c1. The molecule has 0 bridgehead atoms. The van der Waals surface area contributed by atoms with E-state index < -0.39 is 10.8 Å². The van der Waals surface area contributed by atoms with Crippen molar-refractivity contribution in [2.24, 2.45) is 0 Å². The van der Waals surface area contributed by atoms with Crippen LogP contribution in [0.2, 0.25) is 0 Å². The highest BCUT2D eigenvalue weighted by Crippen LogP contribution is 2.33. The summed E-state index contributed by atoms with van der Waals surface area (Å²) in [4.78, 5) is 13.9. The molecule has 1 unspecified atom stereocenters. The third-order valence-electron chi connectivity index (χ3n) is 4.40. The van der Waals surface area contributed by atoms with Crippen LogP contribution >= 0.6 is 0 Å². The van der Waals surface area contributed by atoms with Crippen molar-refractivity contribution in [3.05, 3.63) is 67.3 Å². The maximum Gasteiger partial charge on any atom is 0.119 e. The van der Waals surface area contributed by atoms with E-state index in [9.17, 15) is 4.21 Å². The number of anilines is 2. The zero-order valence-electron chi connectivity index (χ0n) is 16.1. The number of aromatic nitrogens is 3. The first-order valence-electron chi connectivity index (χ1n) is 9.18. The lowest BCUT2D eigenvalue weighted by molar-refractivity contribution is 0.340. The number of fused-ring (bicyclic) bond motifs is 1. The van der Waals surface area contributed by atoms with Crippen LogP contribution in [-0.2, 0) is 10.8 Å². The summed E-state index contributed by atoms with van der Waals surface area (Å²) in [5.74, 6) is 0.802. The van der Waals surface area contributed by atoms with Gasteiger partial charge >= 0.3 is 0 Å². The molecule has 0 aliphatic heterocycles. The van der Waals surface area contributed by atoms with Crippen LogP contribution in [0, 0.1) is 0 Å². The van der Waals surface area contributed by atoms with E-state index in [2.05, 4.69) is 20.3 Å². The number of nitrogens with zero attached hydrogens (tertiary/aromatic N) is 3. The predicted octanol–water partition coefficient (Wildman–Crippen LogP) is 4.57. The first-order valence-corrected chi connectivity index (χ1v) is 10.7. The van der Waals surface area contributed by atoms with Gasteiger partial charge in [-0.25, -0.2) is 0 Å². The Morgan fingerprint density at radius 2 is 1.93 bits per heavy atom. The van der Waals surface area contributed by atoms with E-state index in [4.69, 9.17) is 4.74 Å². The minimum atomic E-state index is -1.14. The first kappa shape index (κ1) is 19.0. The highest BCUT2D eigenvalue weighted by atomic mass is 32.2. The topological polar surface area (TPSA) is 77.0 Å². The van der Waals surface area contributed by atoms with Crippen molar-refractivity contribution in [1.82, 2.24) is 15.0 Å². The van der Waals surface area contributed by atoms with Crippen LogP contribution in [0.25, 0.3) is 22.2 Å². The molecule has 29 heavy (non-hydrogen) atoms. The maximum atomic E-state index is 12.1. The zero-order valence-corrected chi connectivity index (χ0v) is 16.9. The summed E-state index contributed by atoms with van der Waals surface area (Å²) in [6.07, 6.45) is 8.32. The summed E-state index contributed by atoms with van der Waals surface area (Å²) in [5, 5.41) is 3.34. The van der Waals surface area contributed by atoms with Crippen molar-refractivity contribution in [2.45, 2.75) is 11.8 Å². The van der Waals surface area contributed by atoms with E-state index in [0.717, 1.165) is 33.6 Å². The normalized spacial score (nSPS) is 11.9. The predicted molar refractivity (Wildman–Crippen MR) is 116 cm³/mol. The molecule has 0 amide bonds. The smallest absolute Gasteiger partial charge is 0.119 e. The van der Waals surface area contributed by atoms with E-state index in [-0.39, 0.29) is 0 Å². The molecule has 4 rings (SSSR count). The monoisotopic (exact) mass is 404 g/mol. The quantitative estimate of drug-likeness (QED) is 0.507. The molecule has 0 fully saturated rings. The summed E-state index contributed by atoms with van der Waals surface area (Å²) in [7, 11) is -1.14.